The fourth-order valence-electron chi connectivity index (χ4n) is 6.59. The molecule has 7 aromatic carbocycles. The molecular weight excluding hydrogens is 597 g/mol. The largest absolute Gasteiger partial charge is 0.455 e. The van der Waals surface area contributed by atoms with Crippen LogP contribution in [0.4, 0.5) is 0 Å². The fourth-order valence-corrected chi connectivity index (χ4v) is 6.59. The summed E-state index contributed by atoms with van der Waals surface area (Å²) in [6, 6.07) is 63.3. The zero-order valence-electron chi connectivity index (χ0n) is 26.6. The molecule has 0 radical (unpaired) electrons. The van der Waals surface area contributed by atoms with Crippen LogP contribution >= 0.6 is 0 Å². The maximum absolute atomic E-state index is 6.42. The van der Waals surface area contributed by atoms with E-state index in [0.29, 0.717) is 5.82 Å². The number of hydrogen-bond donors (Lipinski definition) is 0. The molecule has 2 aromatic heterocycles. The Morgan fingerprint density at radius 2 is 0.776 bits per heavy atom. The molecule has 0 aliphatic carbocycles. The lowest BCUT2D eigenvalue weighted by atomic mass is 9.97. The second-order valence-corrected chi connectivity index (χ2v) is 12.2. The van der Waals surface area contributed by atoms with E-state index in [9.17, 15) is 0 Å². The van der Waals surface area contributed by atoms with Gasteiger partial charge in [-0.1, -0.05) is 158 Å². The van der Waals surface area contributed by atoms with Crippen LogP contribution in [-0.4, -0.2) is 9.97 Å². The van der Waals surface area contributed by atoms with Crippen molar-refractivity contribution in [1.29, 1.82) is 0 Å². The van der Waals surface area contributed by atoms with Crippen LogP contribution in [0.1, 0.15) is 0 Å². The summed E-state index contributed by atoms with van der Waals surface area (Å²) in [6.07, 6.45) is 0. The second kappa shape index (κ2) is 12.2. The van der Waals surface area contributed by atoms with Gasteiger partial charge in [-0.05, 0) is 57.6 Å². The van der Waals surface area contributed by atoms with Gasteiger partial charge >= 0.3 is 0 Å². The van der Waals surface area contributed by atoms with Crippen molar-refractivity contribution in [3.63, 3.8) is 0 Å². The summed E-state index contributed by atoms with van der Waals surface area (Å²) >= 11 is 0. The molecule has 9 rings (SSSR count). The molecule has 0 aliphatic heterocycles. The third-order valence-corrected chi connectivity index (χ3v) is 9.14. The van der Waals surface area contributed by atoms with Gasteiger partial charge < -0.3 is 4.42 Å². The molecule has 0 spiro atoms. The Labute approximate surface area is 284 Å². The lowest BCUT2D eigenvalue weighted by molar-refractivity contribution is 0.669. The van der Waals surface area contributed by atoms with Crippen molar-refractivity contribution >= 4 is 21.9 Å². The zero-order chi connectivity index (χ0) is 32.6. The first-order chi connectivity index (χ1) is 24.3. The van der Waals surface area contributed by atoms with E-state index in [4.69, 9.17) is 14.4 Å². The number of benzene rings is 7. The Morgan fingerprint density at radius 1 is 0.327 bits per heavy atom. The van der Waals surface area contributed by atoms with Crippen LogP contribution in [-0.2, 0) is 0 Å². The first-order valence-electron chi connectivity index (χ1n) is 16.5. The topological polar surface area (TPSA) is 38.9 Å². The third kappa shape index (κ3) is 5.48. The van der Waals surface area contributed by atoms with Crippen molar-refractivity contribution in [2.24, 2.45) is 0 Å². The minimum atomic E-state index is 0.629. The highest BCUT2D eigenvalue weighted by molar-refractivity contribution is 6.09. The first-order valence-corrected chi connectivity index (χ1v) is 16.5. The van der Waals surface area contributed by atoms with Crippen molar-refractivity contribution in [2.75, 3.05) is 0 Å². The summed E-state index contributed by atoms with van der Waals surface area (Å²) in [4.78, 5) is 10.3. The minimum Gasteiger partial charge on any atom is -0.455 e. The molecule has 0 bridgehead atoms. The highest BCUT2D eigenvalue weighted by atomic mass is 16.3. The number of hydrogen-bond acceptors (Lipinski definition) is 3. The van der Waals surface area contributed by atoms with Crippen LogP contribution in [0, 0.1) is 0 Å². The standard InChI is InChI=1S/C46H30N2O/c1-3-11-31(12-4-1)33-21-25-35(26-22-33)42-30-43(48-46(47-42)41-19-10-18-40-39-17-7-8-20-44(39)49-45(40)41)36-27-23-34(24-28-36)38-16-9-15-37(29-38)32-13-5-2-6-14-32/h1-30H. The van der Waals surface area contributed by atoms with Crippen molar-refractivity contribution in [3.8, 4) is 67.3 Å². The van der Waals surface area contributed by atoms with E-state index in [1.807, 2.05) is 30.3 Å². The molecule has 0 fully saturated rings. The molecule has 0 saturated heterocycles. The van der Waals surface area contributed by atoms with Crippen LogP contribution in [0.3, 0.4) is 0 Å². The maximum Gasteiger partial charge on any atom is 0.164 e. The summed E-state index contributed by atoms with van der Waals surface area (Å²) in [5, 5.41) is 2.14. The van der Waals surface area contributed by atoms with Crippen LogP contribution < -0.4 is 0 Å². The normalized spacial score (nSPS) is 11.3. The van der Waals surface area contributed by atoms with Gasteiger partial charge in [-0.15, -0.1) is 0 Å². The van der Waals surface area contributed by atoms with E-state index in [1.165, 1.54) is 22.3 Å². The smallest absolute Gasteiger partial charge is 0.164 e. The Balaban J connectivity index is 1.15. The van der Waals surface area contributed by atoms with Crippen molar-refractivity contribution in [3.05, 3.63) is 182 Å². The van der Waals surface area contributed by atoms with Crippen LogP contribution in [0.25, 0.3) is 89.2 Å². The first kappa shape index (κ1) is 28.6. The molecule has 0 unspecified atom stereocenters. The summed E-state index contributed by atoms with van der Waals surface area (Å²) in [7, 11) is 0. The van der Waals surface area contributed by atoms with Gasteiger partial charge in [0.25, 0.3) is 0 Å². The van der Waals surface area contributed by atoms with Gasteiger partial charge in [-0.25, -0.2) is 9.97 Å². The third-order valence-electron chi connectivity index (χ3n) is 9.14. The molecule has 3 nitrogen and oxygen atoms in total. The van der Waals surface area contributed by atoms with Gasteiger partial charge in [-0.3, -0.25) is 0 Å². The zero-order valence-corrected chi connectivity index (χ0v) is 26.6. The molecule has 0 atom stereocenters. The Kier molecular flexibility index (Phi) is 7.14. The average molecular weight is 627 g/mol. The summed E-state index contributed by atoms with van der Waals surface area (Å²) in [6.45, 7) is 0. The van der Waals surface area contributed by atoms with Gasteiger partial charge in [0.15, 0.2) is 5.82 Å². The van der Waals surface area contributed by atoms with E-state index in [1.54, 1.807) is 0 Å². The predicted octanol–water partition coefficient (Wildman–Crippen LogP) is 12.4. The van der Waals surface area contributed by atoms with Gasteiger partial charge in [0.2, 0.25) is 0 Å². The van der Waals surface area contributed by atoms with Crippen LogP contribution in [0.5, 0.6) is 0 Å². The highest BCUT2D eigenvalue weighted by Gasteiger charge is 2.17. The summed E-state index contributed by atoms with van der Waals surface area (Å²) < 4.78 is 6.42. The van der Waals surface area contributed by atoms with E-state index in [2.05, 4.69) is 152 Å². The summed E-state index contributed by atoms with van der Waals surface area (Å²) in [5.41, 5.74) is 13.3. The number of furan rings is 1. The number of rotatable bonds is 6. The Morgan fingerprint density at radius 3 is 1.41 bits per heavy atom. The van der Waals surface area contributed by atoms with Crippen molar-refractivity contribution < 1.29 is 4.42 Å². The van der Waals surface area contributed by atoms with E-state index in [-0.39, 0.29) is 0 Å². The minimum absolute atomic E-state index is 0.629. The number of para-hydroxylation sites is 2. The Bertz CT molecular complexity index is 2570. The van der Waals surface area contributed by atoms with Gasteiger partial charge in [0, 0.05) is 21.9 Å². The molecule has 230 valence electrons. The van der Waals surface area contributed by atoms with Crippen molar-refractivity contribution in [2.45, 2.75) is 0 Å². The SMILES string of the molecule is c1ccc(-c2ccc(-c3cc(-c4ccc(-c5cccc(-c6ccccc6)c5)cc4)nc(-c4cccc5c4oc4ccccc45)n3)cc2)cc1. The number of fused-ring (bicyclic) bond motifs is 3. The maximum atomic E-state index is 6.42. The molecule has 3 heteroatoms. The molecule has 0 amide bonds. The van der Waals surface area contributed by atoms with E-state index in [0.717, 1.165) is 61.1 Å². The molecule has 9 aromatic rings. The quantitative estimate of drug-likeness (QED) is 0.184. The predicted molar refractivity (Wildman–Crippen MR) is 202 cm³/mol. The molecule has 49 heavy (non-hydrogen) atoms. The van der Waals surface area contributed by atoms with Gasteiger partial charge in [-0.2, -0.15) is 0 Å². The molecular formula is C46H30N2O. The number of nitrogens with zero attached hydrogens (tertiary/aromatic N) is 2. The monoisotopic (exact) mass is 626 g/mol. The van der Waals surface area contributed by atoms with Gasteiger partial charge in [0.1, 0.15) is 11.2 Å². The van der Waals surface area contributed by atoms with E-state index >= 15 is 0 Å². The van der Waals surface area contributed by atoms with Crippen LogP contribution in [0.2, 0.25) is 0 Å². The average Bonchev–Trinajstić information content (AvgIpc) is 3.58. The lowest BCUT2D eigenvalue weighted by Crippen LogP contribution is -1.96. The second-order valence-electron chi connectivity index (χ2n) is 12.2. The number of aromatic nitrogens is 2. The van der Waals surface area contributed by atoms with E-state index < -0.39 is 0 Å². The highest BCUT2D eigenvalue weighted by Crippen LogP contribution is 2.37. The molecule has 0 N–H and O–H groups in total. The Hall–Kier alpha value is -6.58. The van der Waals surface area contributed by atoms with Gasteiger partial charge in [0.05, 0.1) is 17.0 Å². The summed E-state index contributed by atoms with van der Waals surface area (Å²) in [5.74, 6) is 0.629. The fraction of sp³-hybridized carbons (Fsp3) is 0. The molecule has 2 heterocycles. The molecule has 0 aliphatic rings. The lowest BCUT2D eigenvalue weighted by Gasteiger charge is -2.11. The van der Waals surface area contributed by atoms with Crippen LogP contribution in [0.15, 0.2) is 186 Å². The van der Waals surface area contributed by atoms with Crippen molar-refractivity contribution in [1.82, 2.24) is 9.97 Å². The molecule has 0 saturated carbocycles.